The number of carbonyl (C=O) groups excluding carboxylic acids is 1. The second-order valence-electron chi connectivity index (χ2n) is 5.92. The molecule has 3 aromatic rings. The number of aliphatic hydroxyl groups is 1. The van der Waals surface area contributed by atoms with Crippen LogP contribution in [0.4, 0.5) is 0 Å². The fourth-order valence-electron chi connectivity index (χ4n) is 2.45. The SMILES string of the molecule is CC(=O)/C=C(/C)O.Cc1cnc(-c2[c-]cccc2)cc1-c1ccccc1.[Ir]. The van der Waals surface area contributed by atoms with Gasteiger partial charge in [0.25, 0.3) is 0 Å². The van der Waals surface area contributed by atoms with Crippen LogP contribution in [0.15, 0.2) is 78.7 Å². The first-order valence-electron chi connectivity index (χ1n) is 8.34. The van der Waals surface area contributed by atoms with Crippen molar-refractivity contribution in [1.29, 1.82) is 0 Å². The fourth-order valence-corrected chi connectivity index (χ4v) is 2.45. The fraction of sp³-hybridized carbons (Fsp3) is 0.130. The van der Waals surface area contributed by atoms with E-state index in [4.69, 9.17) is 5.11 Å². The van der Waals surface area contributed by atoms with Crippen molar-refractivity contribution in [3.63, 3.8) is 0 Å². The first-order valence-corrected chi connectivity index (χ1v) is 8.34. The van der Waals surface area contributed by atoms with Gasteiger partial charge in [0.1, 0.15) is 0 Å². The van der Waals surface area contributed by atoms with Gasteiger partial charge in [0.05, 0.1) is 5.76 Å². The van der Waals surface area contributed by atoms with Crippen LogP contribution in [0.3, 0.4) is 0 Å². The van der Waals surface area contributed by atoms with E-state index in [1.54, 1.807) is 0 Å². The third-order valence-electron chi connectivity index (χ3n) is 3.59. The molecular formula is C23H22IrNO2-. The summed E-state index contributed by atoms with van der Waals surface area (Å²) in [7, 11) is 0. The molecule has 0 fully saturated rings. The Labute approximate surface area is 174 Å². The third kappa shape index (κ3) is 7.30. The van der Waals surface area contributed by atoms with Crippen LogP contribution in [0.5, 0.6) is 0 Å². The van der Waals surface area contributed by atoms with Crippen LogP contribution < -0.4 is 0 Å². The Hall–Kier alpha value is -2.55. The molecule has 1 N–H and O–H groups in total. The van der Waals surface area contributed by atoms with Crippen molar-refractivity contribution in [1.82, 2.24) is 4.98 Å². The Morgan fingerprint density at radius 3 is 2.26 bits per heavy atom. The summed E-state index contributed by atoms with van der Waals surface area (Å²) >= 11 is 0. The molecule has 2 aromatic carbocycles. The van der Waals surface area contributed by atoms with E-state index in [9.17, 15) is 4.79 Å². The van der Waals surface area contributed by atoms with Crippen LogP contribution in [-0.2, 0) is 24.9 Å². The maximum absolute atomic E-state index is 10.0. The number of nitrogens with zero attached hydrogens (tertiary/aromatic N) is 1. The van der Waals surface area contributed by atoms with Crippen LogP contribution in [0.2, 0.25) is 0 Å². The van der Waals surface area contributed by atoms with Crippen molar-refractivity contribution in [2.24, 2.45) is 0 Å². The smallest absolute Gasteiger partial charge is 0.155 e. The molecule has 0 aliphatic heterocycles. The Kier molecular flexibility index (Phi) is 9.35. The molecule has 27 heavy (non-hydrogen) atoms. The maximum atomic E-state index is 10.0. The summed E-state index contributed by atoms with van der Waals surface area (Å²) < 4.78 is 0. The number of pyridine rings is 1. The van der Waals surface area contributed by atoms with Gasteiger partial charge in [-0.05, 0) is 43.2 Å². The summed E-state index contributed by atoms with van der Waals surface area (Å²) in [5.74, 6) is -0.0625. The van der Waals surface area contributed by atoms with Gasteiger partial charge in [0.15, 0.2) is 5.78 Å². The number of allylic oxidation sites excluding steroid dienone is 2. The van der Waals surface area contributed by atoms with Crippen LogP contribution >= 0.6 is 0 Å². The van der Waals surface area contributed by atoms with E-state index in [0.717, 1.165) is 11.3 Å². The quantitative estimate of drug-likeness (QED) is 0.271. The molecule has 1 heterocycles. The molecule has 0 saturated carbocycles. The first kappa shape index (κ1) is 22.5. The summed E-state index contributed by atoms with van der Waals surface area (Å²) in [6, 6.07) is 23.7. The van der Waals surface area contributed by atoms with Crippen molar-refractivity contribution in [3.8, 4) is 22.4 Å². The molecule has 0 amide bonds. The predicted molar refractivity (Wildman–Crippen MR) is 106 cm³/mol. The predicted octanol–water partition coefficient (Wildman–Crippen LogP) is 5.56. The number of hydrogen-bond acceptors (Lipinski definition) is 3. The second kappa shape index (κ2) is 11.2. The average molecular weight is 537 g/mol. The van der Waals surface area contributed by atoms with E-state index in [0.29, 0.717) is 0 Å². The van der Waals surface area contributed by atoms with E-state index in [1.165, 1.54) is 36.6 Å². The van der Waals surface area contributed by atoms with Crippen LogP contribution in [0, 0.1) is 13.0 Å². The summed E-state index contributed by atoms with van der Waals surface area (Å²) in [6.07, 6.45) is 3.10. The van der Waals surface area contributed by atoms with Crippen molar-refractivity contribution < 1.29 is 30.0 Å². The van der Waals surface area contributed by atoms with Crippen molar-refractivity contribution in [2.45, 2.75) is 20.8 Å². The Morgan fingerprint density at radius 1 is 1.07 bits per heavy atom. The van der Waals surface area contributed by atoms with Gasteiger partial charge in [0.2, 0.25) is 0 Å². The molecule has 0 aliphatic rings. The van der Waals surface area contributed by atoms with Crippen molar-refractivity contribution in [2.75, 3.05) is 0 Å². The largest absolute Gasteiger partial charge is 0.512 e. The van der Waals surface area contributed by atoms with Gasteiger partial charge in [-0.3, -0.25) is 4.79 Å². The molecule has 1 radical (unpaired) electrons. The van der Waals surface area contributed by atoms with Crippen molar-refractivity contribution in [3.05, 3.63) is 90.3 Å². The number of rotatable bonds is 3. The number of benzene rings is 2. The summed E-state index contributed by atoms with van der Waals surface area (Å²) in [5.41, 5.74) is 5.62. The third-order valence-corrected chi connectivity index (χ3v) is 3.59. The van der Waals surface area contributed by atoms with Crippen LogP contribution in [0.1, 0.15) is 19.4 Å². The molecule has 0 bridgehead atoms. The summed E-state index contributed by atoms with van der Waals surface area (Å²) in [6.45, 7) is 4.94. The molecule has 0 saturated heterocycles. The maximum Gasteiger partial charge on any atom is 0.155 e. The molecule has 0 atom stereocenters. The average Bonchev–Trinajstić information content (AvgIpc) is 2.63. The minimum Gasteiger partial charge on any atom is -0.512 e. The van der Waals surface area contributed by atoms with Gasteiger partial charge in [-0.2, -0.15) is 0 Å². The number of aliphatic hydroxyl groups excluding tert-OH is 1. The topological polar surface area (TPSA) is 50.2 Å². The molecule has 141 valence electrons. The zero-order valence-electron chi connectivity index (χ0n) is 15.6. The van der Waals surface area contributed by atoms with Gasteiger partial charge in [-0.25, -0.2) is 0 Å². The van der Waals surface area contributed by atoms with Gasteiger partial charge < -0.3 is 10.1 Å². The van der Waals surface area contributed by atoms with Crippen LogP contribution in [-0.4, -0.2) is 15.9 Å². The Balaban J connectivity index is 0.000000395. The van der Waals surface area contributed by atoms with Crippen LogP contribution in [0.25, 0.3) is 22.4 Å². The molecule has 3 rings (SSSR count). The Morgan fingerprint density at radius 2 is 1.74 bits per heavy atom. The number of aromatic nitrogens is 1. The van der Waals surface area contributed by atoms with E-state index < -0.39 is 0 Å². The number of ketones is 1. The molecular weight excluding hydrogens is 514 g/mol. The van der Waals surface area contributed by atoms with Crippen molar-refractivity contribution >= 4 is 5.78 Å². The standard InChI is InChI=1S/C18H14N.C5H8O2.Ir/c1-14-13-19-18(16-10-6-3-7-11-16)12-17(14)15-8-4-2-5-9-15;1-4(6)3-5(2)7;/h2-10,12-13H,1H3;3,6H,1-2H3;/q-1;;/b;4-3-;. The second-order valence-corrected chi connectivity index (χ2v) is 5.92. The molecule has 0 aliphatic carbocycles. The number of hydrogen-bond donors (Lipinski definition) is 1. The molecule has 1 aromatic heterocycles. The van der Waals surface area contributed by atoms with E-state index >= 15 is 0 Å². The van der Waals surface area contributed by atoms with Gasteiger partial charge in [0, 0.05) is 32.4 Å². The molecule has 4 heteroatoms. The first-order chi connectivity index (χ1) is 12.5. The zero-order chi connectivity index (χ0) is 18.9. The van der Waals surface area contributed by atoms with Gasteiger partial charge in [-0.1, -0.05) is 36.4 Å². The molecule has 0 unspecified atom stereocenters. The molecule has 0 spiro atoms. The number of aryl methyl sites for hydroxylation is 1. The van der Waals surface area contributed by atoms with Gasteiger partial charge >= 0.3 is 0 Å². The minimum atomic E-state index is -0.125. The normalized spacial score (nSPS) is 10.3. The Bertz CT molecular complexity index is 887. The van der Waals surface area contributed by atoms with E-state index in [-0.39, 0.29) is 31.6 Å². The minimum absolute atomic E-state index is 0. The van der Waals surface area contributed by atoms with E-state index in [1.807, 2.05) is 36.5 Å². The summed E-state index contributed by atoms with van der Waals surface area (Å²) in [5, 5.41) is 8.36. The molecule has 3 nitrogen and oxygen atoms in total. The number of carbonyl (C=O) groups is 1. The van der Waals surface area contributed by atoms with Gasteiger partial charge in [-0.15, -0.1) is 35.9 Å². The summed E-state index contributed by atoms with van der Waals surface area (Å²) in [4.78, 5) is 14.5. The van der Waals surface area contributed by atoms with E-state index in [2.05, 4.69) is 48.3 Å². The monoisotopic (exact) mass is 537 g/mol. The zero-order valence-corrected chi connectivity index (χ0v) is 18.0.